The van der Waals surface area contributed by atoms with Gasteiger partial charge in [0.05, 0.1) is 5.75 Å². The molecule has 0 atom stereocenters. The number of hydrogen-bond acceptors (Lipinski definition) is 4. The first-order valence-corrected chi connectivity index (χ1v) is 3.71. The summed E-state index contributed by atoms with van der Waals surface area (Å²) in [7, 11) is -3.96. The zero-order valence-corrected chi connectivity index (χ0v) is 5.43. The maximum absolute atomic E-state index is 9.93. The Bertz CT molecular complexity index is 162. The van der Waals surface area contributed by atoms with Gasteiger partial charge < -0.3 is 11.0 Å². The minimum atomic E-state index is -3.96. The first kappa shape index (κ1) is 8.79. The Balaban J connectivity index is 3.53. The van der Waals surface area contributed by atoms with Crippen molar-refractivity contribution in [2.45, 2.75) is 0 Å². The van der Waals surface area contributed by atoms with E-state index in [0.717, 1.165) is 0 Å². The summed E-state index contributed by atoms with van der Waals surface area (Å²) in [5.74, 6) is 10.7. The maximum atomic E-state index is 9.93. The fourth-order valence-corrected chi connectivity index (χ4v) is 0.641. The maximum Gasteiger partial charge on any atom is 0.266 e. The first-order chi connectivity index (χ1) is 3.92. The van der Waals surface area contributed by atoms with E-state index >= 15 is 0 Å². The fraction of sp³-hybridized carbons (Fsp3) is 1.00. The number of hydrogen-bond donors (Lipinski definition) is 2. The lowest BCUT2D eigenvalue weighted by Gasteiger charge is -2.17. The molecule has 0 aromatic rings. The van der Waals surface area contributed by atoms with Gasteiger partial charge in [-0.25, -0.2) is 0 Å². The number of nitrogens with zero attached hydrogens (tertiary/aromatic N) is 1. The Morgan fingerprint density at radius 3 is 2.22 bits per heavy atom. The molecule has 0 unspecified atom stereocenters. The van der Waals surface area contributed by atoms with E-state index in [0.29, 0.717) is 5.12 Å². The van der Waals surface area contributed by atoms with Gasteiger partial charge in [-0.2, -0.15) is 8.42 Å². The van der Waals surface area contributed by atoms with Crippen molar-refractivity contribution in [3.05, 3.63) is 5.84 Å². The van der Waals surface area contributed by atoms with Crippen molar-refractivity contribution in [3.63, 3.8) is 0 Å². The second-order valence-corrected chi connectivity index (χ2v) is 3.05. The summed E-state index contributed by atoms with van der Waals surface area (Å²) in [4.78, 5) is 0. The largest absolute Gasteiger partial charge is 0.595 e. The predicted octanol–water partition coefficient (Wildman–Crippen LogP) is -0.983. The summed E-state index contributed by atoms with van der Waals surface area (Å²) >= 11 is 0. The third-order valence-corrected chi connectivity index (χ3v) is 1.29. The van der Waals surface area contributed by atoms with Crippen molar-refractivity contribution in [3.8, 4) is 0 Å². The normalized spacial score (nSPS) is 12.4. The molecule has 6 nitrogen and oxygen atoms in total. The monoisotopic (exact) mass is 154 g/mol. The van der Waals surface area contributed by atoms with Gasteiger partial charge in [-0.15, -0.1) is 0 Å². The van der Waals surface area contributed by atoms with E-state index in [1.807, 2.05) is 0 Å². The van der Waals surface area contributed by atoms with Crippen molar-refractivity contribution in [1.29, 1.82) is 0 Å². The van der Waals surface area contributed by atoms with Crippen LogP contribution in [0.3, 0.4) is 0 Å². The number of nitrogens with one attached hydrogen (secondary N) is 1. The highest BCUT2D eigenvalue weighted by Gasteiger charge is 2.01. The summed E-state index contributed by atoms with van der Waals surface area (Å²) in [6, 6.07) is 0. The standard InChI is InChI=1S/C2H8N3O3S/c3-5(4)1-2-9(6,7)8/h3H,1-2,4H2,(H,6,7,8)/q-1. The molecule has 0 saturated carbocycles. The van der Waals surface area contributed by atoms with Gasteiger partial charge in [-0.1, -0.05) is 0 Å². The quantitative estimate of drug-likeness (QED) is 0.308. The van der Waals surface area contributed by atoms with Gasteiger partial charge in [0.2, 0.25) is 0 Å². The lowest BCUT2D eigenvalue weighted by atomic mass is 10.8. The van der Waals surface area contributed by atoms with Gasteiger partial charge in [0.1, 0.15) is 0 Å². The Morgan fingerprint density at radius 1 is 1.67 bits per heavy atom. The smallest absolute Gasteiger partial charge is 0.266 e. The molecule has 0 aliphatic carbocycles. The van der Waals surface area contributed by atoms with Crippen LogP contribution in [0, 0.1) is 0 Å². The van der Waals surface area contributed by atoms with Gasteiger partial charge in [0.15, 0.2) is 0 Å². The number of rotatable bonds is 3. The van der Waals surface area contributed by atoms with Crippen LogP contribution < -0.4 is 5.84 Å². The van der Waals surface area contributed by atoms with Gasteiger partial charge in [-0.3, -0.25) is 10.4 Å². The molecule has 0 spiro atoms. The van der Waals surface area contributed by atoms with Crippen molar-refractivity contribution in [2.75, 3.05) is 12.3 Å². The molecule has 0 rings (SSSR count). The van der Waals surface area contributed by atoms with Gasteiger partial charge in [0, 0.05) is 6.54 Å². The topological polar surface area (TPSA) is 107 Å². The number of hydrazine groups is 1. The van der Waals surface area contributed by atoms with E-state index in [2.05, 4.69) is 0 Å². The van der Waals surface area contributed by atoms with Crippen LogP contribution in [0.25, 0.3) is 5.84 Å². The highest BCUT2D eigenvalue weighted by Crippen LogP contribution is 1.82. The third-order valence-electron chi connectivity index (χ3n) is 0.590. The van der Waals surface area contributed by atoms with Crippen molar-refractivity contribution in [1.82, 2.24) is 5.12 Å². The van der Waals surface area contributed by atoms with E-state index in [-0.39, 0.29) is 6.54 Å². The van der Waals surface area contributed by atoms with Gasteiger partial charge in [0.25, 0.3) is 10.1 Å². The predicted molar refractivity (Wildman–Crippen MR) is 31.6 cm³/mol. The number of nitrogens with two attached hydrogens (primary N) is 1. The summed E-state index contributed by atoms with van der Waals surface area (Å²) in [5, 5.41) is 0.438. The molecule has 7 heteroatoms. The molecule has 0 heterocycles. The van der Waals surface area contributed by atoms with Crippen LogP contribution >= 0.6 is 0 Å². The van der Waals surface area contributed by atoms with E-state index in [1.165, 1.54) is 0 Å². The Morgan fingerprint density at radius 2 is 2.11 bits per heavy atom. The molecule has 4 N–H and O–H groups in total. The highest BCUT2D eigenvalue weighted by atomic mass is 32.2. The molecular formula is C2H8N3O3S-. The molecule has 0 aromatic heterocycles. The molecule has 0 saturated heterocycles. The average Bonchev–Trinajstić information content (AvgIpc) is 1.59. The molecule has 56 valence electrons. The third kappa shape index (κ3) is 7.79. The van der Waals surface area contributed by atoms with E-state index in [4.69, 9.17) is 16.2 Å². The lowest BCUT2D eigenvalue weighted by molar-refractivity contribution is 0.406. The first-order valence-electron chi connectivity index (χ1n) is 2.10. The second-order valence-electron chi connectivity index (χ2n) is 1.48. The second kappa shape index (κ2) is 3.08. The van der Waals surface area contributed by atoms with Crippen LogP contribution in [0.2, 0.25) is 0 Å². The molecule has 0 radical (unpaired) electrons. The molecule has 0 aliphatic rings. The van der Waals surface area contributed by atoms with Crippen molar-refractivity contribution in [2.24, 2.45) is 5.84 Å². The highest BCUT2D eigenvalue weighted by molar-refractivity contribution is 7.85. The van der Waals surface area contributed by atoms with Crippen molar-refractivity contribution >= 4 is 10.1 Å². The van der Waals surface area contributed by atoms with Crippen LogP contribution in [0.5, 0.6) is 0 Å². The molecule has 0 fully saturated rings. The zero-order chi connectivity index (χ0) is 7.49. The summed E-state index contributed by atoms with van der Waals surface area (Å²) in [6.45, 7) is -0.196. The van der Waals surface area contributed by atoms with Crippen LogP contribution in [0.4, 0.5) is 0 Å². The van der Waals surface area contributed by atoms with Crippen LogP contribution in [0.15, 0.2) is 0 Å². The molecule has 9 heavy (non-hydrogen) atoms. The minimum Gasteiger partial charge on any atom is -0.595 e. The van der Waals surface area contributed by atoms with E-state index in [1.54, 1.807) is 0 Å². The summed E-state index contributed by atoms with van der Waals surface area (Å²) in [5.41, 5.74) is 0. The zero-order valence-electron chi connectivity index (χ0n) is 4.61. The Hall–Kier alpha value is -0.210. The average molecular weight is 154 g/mol. The molecule has 0 amide bonds. The molecule has 0 aliphatic heterocycles. The van der Waals surface area contributed by atoms with Gasteiger partial charge >= 0.3 is 0 Å². The minimum absolute atomic E-state index is 0.196. The van der Waals surface area contributed by atoms with Crippen LogP contribution in [-0.4, -0.2) is 30.4 Å². The lowest BCUT2D eigenvalue weighted by Crippen LogP contribution is -2.28. The Labute approximate surface area is 53.1 Å². The molecule has 0 aromatic carbocycles. The fourth-order valence-electron chi connectivity index (χ4n) is 0.214. The van der Waals surface area contributed by atoms with Crippen LogP contribution in [0.1, 0.15) is 0 Å². The van der Waals surface area contributed by atoms with E-state index < -0.39 is 15.9 Å². The summed E-state index contributed by atoms with van der Waals surface area (Å²) < 4.78 is 27.9. The molecular weight excluding hydrogens is 146 g/mol. The summed E-state index contributed by atoms with van der Waals surface area (Å²) in [6.07, 6.45) is 0. The van der Waals surface area contributed by atoms with Gasteiger partial charge in [-0.05, 0) is 0 Å². The molecule has 0 bridgehead atoms. The van der Waals surface area contributed by atoms with Crippen LogP contribution in [-0.2, 0) is 10.1 Å². The SMILES string of the molecule is [NH-]N(N)CCS(=O)(=O)O. The van der Waals surface area contributed by atoms with E-state index in [9.17, 15) is 8.42 Å². The Kier molecular flexibility index (Phi) is 3.01. The van der Waals surface area contributed by atoms with Crippen molar-refractivity contribution < 1.29 is 13.0 Å².